The summed E-state index contributed by atoms with van der Waals surface area (Å²) in [5.41, 5.74) is 7.25. The Bertz CT molecular complexity index is 1130. The fraction of sp³-hybridized carbons (Fsp3) is 0.222. The summed E-state index contributed by atoms with van der Waals surface area (Å²) in [7, 11) is 0. The van der Waals surface area contributed by atoms with Gasteiger partial charge in [-0.25, -0.2) is 0 Å². The van der Waals surface area contributed by atoms with Crippen molar-refractivity contribution in [3.05, 3.63) is 95.6 Å². The number of hydrogen-bond donors (Lipinski definition) is 3. The van der Waals surface area contributed by atoms with E-state index in [4.69, 9.17) is 4.74 Å². The first-order chi connectivity index (χ1) is 16.4. The second-order valence-corrected chi connectivity index (χ2v) is 7.95. The van der Waals surface area contributed by atoms with Crippen molar-refractivity contribution in [3.63, 3.8) is 0 Å². The first-order valence-corrected chi connectivity index (χ1v) is 11.2. The van der Waals surface area contributed by atoms with Gasteiger partial charge < -0.3 is 10.1 Å². The quantitative estimate of drug-likeness (QED) is 0.426. The molecular weight excluding hydrogens is 430 g/mol. The second-order valence-electron chi connectivity index (χ2n) is 7.95. The number of hydrazine groups is 1. The summed E-state index contributed by atoms with van der Waals surface area (Å²) in [6, 6.07) is 22.8. The third-order valence-electron chi connectivity index (χ3n) is 5.48. The van der Waals surface area contributed by atoms with Crippen LogP contribution in [0, 0.1) is 0 Å². The number of rotatable bonds is 8. The van der Waals surface area contributed by atoms with Crippen LogP contribution < -0.4 is 20.9 Å². The van der Waals surface area contributed by atoms with Crippen molar-refractivity contribution >= 4 is 23.4 Å². The molecule has 0 aliphatic carbocycles. The van der Waals surface area contributed by atoms with Gasteiger partial charge in [0, 0.05) is 16.8 Å². The smallest absolute Gasteiger partial charge is 0.279 e. The number of hydrogen-bond acceptors (Lipinski definition) is 4. The van der Waals surface area contributed by atoms with Gasteiger partial charge in [0.2, 0.25) is 0 Å². The minimum Gasteiger partial charge on any atom is -0.481 e. The van der Waals surface area contributed by atoms with Crippen LogP contribution >= 0.6 is 0 Å². The number of carbonyl (C=O) groups is 3. The third-order valence-corrected chi connectivity index (χ3v) is 5.48. The molecule has 0 saturated carbocycles. The van der Waals surface area contributed by atoms with Crippen molar-refractivity contribution in [2.75, 3.05) is 5.32 Å². The van der Waals surface area contributed by atoms with Gasteiger partial charge in [0.25, 0.3) is 17.7 Å². The van der Waals surface area contributed by atoms with E-state index >= 15 is 0 Å². The SMILES string of the molecule is CCC(C)c1ccccc1OC(C)C(=O)NNC(=O)c1ccc(NC(=O)c2ccccc2)cc1. The van der Waals surface area contributed by atoms with Crippen molar-refractivity contribution in [2.24, 2.45) is 0 Å². The van der Waals surface area contributed by atoms with Crippen LogP contribution in [0.25, 0.3) is 0 Å². The Morgan fingerprint density at radius 2 is 1.38 bits per heavy atom. The third kappa shape index (κ3) is 6.45. The van der Waals surface area contributed by atoms with Gasteiger partial charge in [-0.2, -0.15) is 0 Å². The Morgan fingerprint density at radius 3 is 2.06 bits per heavy atom. The molecule has 3 aromatic carbocycles. The molecule has 0 fully saturated rings. The summed E-state index contributed by atoms with van der Waals surface area (Å²) < 4.78 is 5.85. The molecule has 2 unspecified atom stereocenters. The zero-order chi connectivity index (χ0) is 24.5. The van der Waals surface area contributed by atoms with Gasteiger partial charge >= 0.3 is 0 Å². The lowest BCUT2D eigenvalue weighted by molar-refractivity contribution is -0.128. The largest absolute Gasteiger partial charge is 0.481 e. The molecule has 7 nitrogen and oxygen atoms in total. The average molecular weight is 460 g/mol. The second kappa shape index (κ2) is 11.7. The molecule has 3 amide bonds. The molecule has 0 aromatic heterocycles. The summed E-state index contributed by atoms with van der Waals surface area (Å²) in [5, 5.41) is 2.77. The first kappa shape index (κ1) is 24.5. The number of carbonyl (C=O) groups excluding carboxylic acids is 3. The maximum Gasteiger partial charge on any atom is 0.279 e. The van der Waals surface area contributed by atoms with Crippen LogP contribution in [-0.4, -0.2) is 23.8 Å². The van der Waals surface area contributed by atoms with Crippen LogP contribution in [0.3, 0.4) is 0 Å². The van der Waals surface area contributed by atoms with Crippen LogP contribution in [0.15, 0.2) is 78.9 Å². The molecule has 3 rings (SSSR count). The van der Waals surface area contributed by atoms with E-state index in [-0.39, 0.29) is 5.91 Å². The average Bonchev–Trinajstić information content (AvgIpc) is 2.87. The van der Waals surface area contributed by atoms with E-state index in [1.54, 1.807) is 55.5 Å². The highest BCUT2D eigenvalue weighted by molar-refractivity contribution is 6.04. The molecule has 2 atom stereocenters. The minimum absolute atomic E-state index is 0.242. The normalized spacial score (nSPS) is 12.2. The van der Waals surface area contributed by atoms with E-state index in [1.165, 1.54) is 0 Å². The number of benzene rings is 3. The van der Waals surface area contributed by atoms with Crippen LogP contribution in [0.1, 0.15) is 59.4 Å². The molecule has 0 heterocycles. The predicted octanol–water partition coefficient (Wildman–Crippen LogP) is 4.68. The summed E-state index contributed by atoms with van der Waals surface area (Å²) in [5.74, 6) is -0.250. The molecule has 3 aromatic rings. The van der Waals surface area contributed by atoms with Gasteiger partial charge in [-0.15, -0.1) is 0 Å². The molecular formula is C27H29N3O4. The zero-order valence-electron chi connectivity index (χ0n) is 19.5. The summed E-state index contributed by atoms with van der Waals surface area (Å²) in [4.78, 5) is 37.1. The fourth-order valence-electron chi connectivity index (χ4n) is 3.25. The lowest BCUT2D eigenvalue weighted by Gasteiger charge is -2.19. The zero-order valence-corrected chi connectivity index (χ0v) is 19.5. The predicted molar refractivity (Wildman–Crippen MR) is 132 cm³/mol. The molecule has 0 saturated heterocycles. The van der Waals surface area contributed by atoms with Crippen molar-refractivity contribution < 1.29 is 19.1 Å². The van der Waals surface area contributed by atoms with Crippen molar-refractivity contribution in [1.82, 2.24) is 10.9 Å². The molecule has 176 valence electrons. The maximum absolute atomic E-state index is 12.4. The molecule has 0 aliphatic rings. The van der Waals surface area contributed by atoms with E-state index in [2.05, 4.69) is 30.0 Å². The number of nitrogens with one attached hydrogen (secondary N) is 3. The van der Waals surface area contributed by atoms with Gasteiger partial charge in [-0.05, 0) is 67.3 Å². The summed E-state index contributed by atoms with van der Waals surface area (Å²) in [6.07, 6.45) is 0.146. The number of ether oxygens (including phenoxy) is 1. The van der Waals surface area contributed by atoms with Gasteiger partial charge in [0.15, 0.2) is 6.10 Å². The highest BCUT2D eigenvalue weighted by atomic mass is 16.5. The molecule has 7 heteroatoms. The van der Waals surface area contributed by atoms with Crippen LogP contribution in [-0.2, 0) is 4.79 Å². The van der Waals surface area contributed by atoms with Gasteiger partial charge in [0.1, 0.15) is 5.75 Å². The Hall–Kier alpha value is -4.13. The lowest BCUT2D eigenvalue weighted by atomic mass is 9.98. The molecule has 0 radical (unpaired) electrons. The van der Waals surface area contributed by atoms with Gasteiger partial charge in [-0.3, -0.25) is 25.2 Å². The molecule has 0 aliphatic heterocycles. The molecule has 0 bridgehead atoms. The number of para-hydroxylation sites is 1. The Labute approximate surface area is 199 Å². The summed E-state index contributed by atoms with van der Waals surface area (Å²) >= 11 is 0. The molecule has 3 N–H and O–H groups in total. The van der Waals surface area contributed by atoms with E-state index in [0.717, 1.165) is 12.0 Å². The van der Waals surface area contributed by atoms with E-state index in [1.807, 2.05) is 30.3 Å². The minimum atomic E-state index is -0.805. The first-order valence-electron chi connectivity index (χ1n) is 11.2. The Kier molecular flexibility index (Phi) is 8.40. The van der Waals surface area contributed by atoms with Crippen LogP contribution in [0.2, 0.25) is 0 Å². The van der Waals surface area contributed by atoms with Gasteiger partial charge in [-0.1, -0.05) is 50.2 Å². The molecule has 34 heavy (non-hydrogen) atoms. The lowest BCUT2D eigenvalue weighted by Crippen LogP contribution is -2.47. The molecule has 0 spiro atoms. The maximum atomic E-state index is 12.4. The van der Waals surface area contributed by atoms with Crippen molar-refractivity contribution in [2.45, 2.75) is 39.2 Å². The van der Waals surface area contributed by atoms with Gasteiger partial charge in [0.05, 0.1) is 0 Å². The topological polar surface area (TPSA) is 96.5 Å². The Balaban J connectivity index is 1.52. The number of anilines is 1. The number of amides is 3. The highest BCUT2D eigenvalue weighted by Crippen LogP contribution is 2.29. The van der Waals surface area contributed by atoms with Crippen molar-refractivity contribution in [3.8, 4) is 5.75 Å². The van der Waals surface area contributed by atoms with Crippen molar-refractivity contribution in [1.29, 1.82) is 0 Å². The monoisotopic (exact) mass is 459 g/mol. The van der Waals surface area contributed by atoms with E-state index in [0.29, 0.717) is 28.5 Å². The Morgan fingerprint density at radius 1 is 0.765 bits per heavy atom. The highest BCUT2D eigenvalue weighted by Gasteiger charge is 2.19. The van der Waals surface area contributed by atoms with E-state index in [9.17, 15) is 14.4 Å². The van der Waals surface area contributed by atoms with Crippen LogP contribution in [0.4, 0.5) is 5.69 Å². The summed E-state index contributed by atoms with van der Waals surface area (Å²) in [6.45, 7) is 5.82. The standard InChI is InChI=1S/C27H29N3O4/c1-4-18(2)23-12-8-9-13-24(23)34-19(3)25(31)29-30-27(33)21-14-16-22(17-15-21)28-26(32)20-10-6-5-7-11-20/h5-19H,4H2,1-3H3,(H,28,32)(H,29,31)(H,30,33). The van der Waals surface area contributed by atoms with Crippen LogP contribution in [0.5, 0.6) is 5.75 Å². The van der Waals surface area contributed by atoms with E-state index < -0.39 is 17.9 Å². The fourth-order valence-corrected chi connectivity index (χ4v) is 3.25.